The topological polar surface area (TPSA) is 61.8 Å². The van der Waals surface area contributed by atoms with E-state index in [9.17, 15) is 9.90 Å². The molecule has 2 N–H and O–H groups in total. The van der Waals surface area contributed by atoms with Gasteiger partial charge in [0, 0.05) is 19.6 Å². The molecular weight excluding hydrogens is 208 g/mol. The summed E-state index contributed by atoms with van der Waals surface area (Å²) >= 11 is 0. The molecule has 1 heterocycles. The first-order valence-corrected chi connectivity index (χ1v) is 5.60. The number of hydrogen-bond acceptors (Lipinski definition) is 4. The first kappa shape index (κ1) is 13.3. The molecule has 0 spiro atoms. The van der Waals surface area contributed by atoms with Gasteiger partial charge in [0.15, 0.2) is 0 Å². The molecule has 0 aliphatic carbocycles. The van der Waals surface area contributed by atoms with E-state index in [4.69, 9.17) is 4.74 Å². The van der Waals surface area contributed by atoms with Gasteiger partial charge in [-0.05, 0) is 27.7 Å². The minimum absolute atomic E-state index is 0.00625. The van der Waals surface area contributed by atoms with E-state index in [0.717, 1.165) is 0 Å². The quantitative estimate of drug-likeness (QED) is 0.691. The Kier molecular flexibility index (Phi) is 3.80. The van der Waals surface area contributed by atoms with Crippen LogP contribution in [0.15, 0.2) is 0 Å². The fraction of sp³-hybridized carbons (Fsp3) is 0.909. The fourth-order valence-electron chi connectivity index (χ4n) is 1.64. The highest BCUT2D eigenvalue weighted by Crippen LogP contribution is 2.15. The van der Waals surface area contributed by atoms with Crippen LogP contribution in [0.3, 0.4) is 0 Å². The van der Waals surface area contributed by atoms with Crippen LogP contribution in [0.5, 0.6) is 0 Å². The zero-order chi connectivity index (χ0) is 12.4. The largest absolute Gasteiger partial charge is 0.444 e. The van der Waals surface area contributed by atoms with Crippen molar-refractivity contribution in [3.05, 3.63) is 0 Å². The van der Waals surface area contributed by atoms with Crippen LogP contribution < -0.4 is 5.32 Å². The van der Waals surface area contributed by atoms with E-state index < -0.39 is 11.1 Å². The van der Waals surface area contributed by atoms with Crippen LogP contribution >= 0.6 is 0 Å². The van der Waals surface area contributed by atoms with Crippen LogP contribution in [-0.2, 0) is 4.74 Å². The summed E-state index contributed by atoms with van der Waals surface area (Å²) in [5.74, 6) is 0. The molecule has 1 aliphatic rings. The molecule has 5 heteroatoms. The molecular formula is C11H22N2O3. The second-order valence-electron chi connectivity index (χ2n) is 5.55. The molecule has 16 heavy (non-hydrogen) atoms. The summed E-state index contributed by atoms with van der Waals surface area (Å²) in [6, 6.07) is 0. The number of aliphatic hydroxyl groups excluding tert-OH is 1. The number of piperazine rings is 1. The van der Waals surface area contributed by atoms with Gasteiger partial charge in [0.2, 0.25) is 0 Å². The maximum Gasteiger partial charge on any atom is 0.410 e. The summed E-state index contributed by atoms with van der Waals surface area (Å²) in [5, 5.41) is 12.4. The van der Waals surface area contributed by atoms with Crippen molar-refractivity contribution in [3.63, 3.8) is 0 Å². The van der Waals surface area contributed by atoms with Crippen LogP contribution in [-0.4, -0.2) is 53.5 Å². The molecule has 5 nitrogen and oxygen atoms in total. The van der Waals surface area contributed by atoms with Crippen LogP contribution in [0.4, 0.5) is 4.79 Å². The third-order valence-electron chi connectivity index (χ3n) is 2.47. The van der Waals surface area contributed by atoms with Gasteiger partial charge in [-0.2, -0.15) is 0 Å². The fourth-order valence-corrected chi connectivity index (χ4v) is 1.64. The van der Waals surface area contributed by atoms with Crippen molar-refractivity contribution >= 4 is 6.09 Å². The zero-order valence-corrected chi connectivity index (χ0v) is 10.5. The van der Waals surface area contributed by atoms with E-state index in [2.05, 4.69) is 5.32 Å². The number of hydrogen-bond donors (Lipinski definition) is 2. The summed E-state index contributed by atoms with van der Waals surface area (Å²) in [4.78, 5) is 13.4. The number of ether oxygens (including phenoxy) is 1. The molecule has 94 valence electrons. The normalized spacial score (nSPS) is 26.7. The molecule has 0 unspecified atom stereocenters. The molecule has 0 aromatic heterocycles. The Hall–Kier alpha value is -0.810. The molecule has 1 rings (SSSR count). The molecule has 1 fully saturated rings. The Bertz CT molecular complexity index is 262. The Balaban J connectivity index is 2.57. The molecule has 0 aromatic rings. The lowest BCUT2D eigenvalue weighted by molar-refractivity contribution is 0.00815. The van der Waals surface area contributed by atoms with Crippen molar-refractivity contribution in [2.75, 3.05) is 26.2 Å². The molecule has 1 saturated heterocycles. The van der Waals surface area contributed by atoms with Gasteiger partial charge in [0.05, 0.1) is 12.1 Å². The van der Waals surface area contributed by atoms with E-state index >= 15 is 0 Å². The second kappa shape index (κ2) is 4.59. The van der Waals surface area contributed by atoms with E-state index in [1.165, 1.54) is 0 Å². The third kappa shape index (κ3) is 3.64. The molecule has 1 aliphatic heterocycles. The van der Waals surface area contributed by atoms with Crippen molar-refractivity contribution in [1.82, 2.24) is 10.2 Å². The first-order chi connectivity index (χ1) is 7.26. The summed E-state index contributed by atoms with van der Waals surface area (Å²) in [7, 11) is 0. The maximum absolute atomic E-state index is 11.8. The van der Waals surface area contributed by atoms with Gasteiger partial charge < -0.3 is 20.1 Å². The Morgan fingerprint density at radius 1 is 1.56 bits per heavy atom. The van der Waals surface area contributed by atoms with Crippen LogP contribution in [0.2, 0.25) is 0 Å². The lowest BCUT2D eigenvalue weighted by atomic mass is 10.0. The number of nitrogens with zero attached hydrogens (tertiary/aromatic N) is 1. The van der Waals surface area contributed by atoms with Crippen LogP contribution in [0.1, 0.15) is 27.7 Å². The SMILES string of the molecule is CC(C)(C)OC(=O)N1CCN[C@](C)(CO)C1. The zero-order valence-electron chi connectivity index (χ0n) is 10.5. The highest BCUT2D eigenvalue weighted by Gasteiger charge is 2.33. The van der Waals surface area contributed by atoms with E-state index in [-0.39, 0.29) is 12.7 Å². The van der Waals surface area contributed by atoms with Gasteiger partial charge in [-0.25, -0.2) is 4.79 Å². The van der Waals surface area contributed by atoms with Gasteiger partial charge in [-0.15, -0.1) is 0 Å². The van der Waals surface area contributed by atoms with Crippen molar-refractivity contribution < 1.29 is 14.6 Å². The van der Waals surface area contributed by atoms with Gasteiger partial charge >= 0.3 is 6.09 Å². The van der Waals surface area contributed by atoms with Crippen molar-refractivity contribution in [3.8, 4) is 0 Å². The predicted molar refractivity (Wildman–Crippen MR) is 61.3 cm³/mol. The van der Waals surface area contributed by atoms with Gasteiger partial charge in [0.25, 0.3) is 0 Å². The van der Waals surface area contributed by atoms with Gasteiger partial charge in [0.1, 0.15) is 5.60 Å². The smallest absolute Gasteiger partial charge is 0.410 e. The molecule has 1 atom stereocenters. The summed E-state index contributed by atoms with van der Waals surface area (Å²) in [6.07, 6.45) is -0.311. The summed E-state index contributed by atoms with van der Waals surface area (Å²) in [5.41, 5.74) is -0.896. The number of carbonyl (C=O) groups is 1. The monoisotopic (exact) mass is 230 g/mol. The van der Waals surface area contributed by atoms with Crippen molar-refractivity contribution in [2.24, 2.45) is 0 Å². The Labute approximate surface area is 96.8 Å². The van der Waals surface area contributed by atoms with E-state index in [1.807, 2.05) is 27.7 Å². The standard InChI is InChI=1S/C11H22N2O3/c1-10(2,3)16-9(15)13-6-5-12-11(4,7-13)8-14/h12,14H,5-8H2,1-4H3/t11-/m0/s1. The lowest BCUT2D eigenvalue weighted by Crippen LogP contribution is -2.62. The van der Waals surface area contributed by atoms with E-state index in [0.29, 0.717) is 19.6 Å². The number of aliphatic hydroxyl groups is 1. The molecule has 0 saturated carbocycles. The van der Waals surface area contributed by atoms with Crippen LogP contribution in [0, 0.1) is 0 Å². The minimum Gasteiger partial charge on any atom is -0.444 e. The summed E-state index contributed by atoms with van der Waals surface area (Å²) < 4.78 is 5.29. The first-order valence-electron chi connectivity index (χ1n) is 5.60. The Morgan fingerprint density at radius 3 is 2.69 bits per heavy atom. The third-order valence-corrected chi connectivity index (χ3v) is 2.47. The van der Waals surface area contributed by atoms with E-state index in [1.54, 1.807) is 4.90 Å². The maximum atomic E-state index is 11.8. The van der Waals surface area contributed by atoms with Crippen molar-refractivity contribution in [2.45, 2.75) is 38.8 Å². The number of amides is 1. The number of nitrogens with one attached hydrogen (secondary N) is 1. The second-order valence-corrected chi connectivity index (χ2v) is 5.55. The van der Waals surface area contributed by atoms with Crippen LogP contribution in [0.25, 0.3) is 0 Å². The molecule has 0 aromatic carbocycles. The Morgan fingerprint density at radius 2 is 2.19 bits per heavy atom. The summed E-state index contributed by atoms with van der Waals surface area (Å²) in [6.45, 7) is 9.20. The average Bonchev–Trinajstić information content (AvgIpc) is 2.15. The minimum atomic E-state index is -0.475. The highest BCUT2D eigenvalue weighted by molar-refractivity contribution is 5.68. The molecule has 0 bridgehead atoms. The number of rotatable bonds is 1. The highest BCUT2D eigenvalue weighted by atomic mass is 16.6. The van der Waals surface area contributed by atoms with Crippen molar-refractivity contribution in [1.29, 1.82) is 0 Å². The average molecular weight is 230 g/mol. The van der Waals surface area contributed by atoms with Gasteiger partial charge in [-0.3, -0.25) is 0 Å². The van der Waals surface area contributed by atoms with Gasteiger partial charge in [-0.1, -0.05) is 0 Å². The molecule has 0 radical (unpaired) electrons. The predicted octanol–water partition coefficient (Wildman–Crippen LogP) is 0.578. The number of carbonyl (C=O) groups excluding carboxylic acids is 1. The lowest BCUT2D eigenvalue weighted by Gasteiger charge is -2.40. The molecule has 1 amide bonds.